The first kappa shape index (κ1) is 14.6. The van der Waals surface area contributed by atoms with Gasteiger partial charge in [-0.2, -0.15) is 0 Å². The lowest BCUT2D eigenvalue weighted by Crippen LogP contribution is -2.35. The fraction of sp³-hybridized carbons (Fsp3) is 0.733. The smallest absolute Gasteiger partial charge is 0.133 e. The molecule has 1 aliphatic rings. The van der Waals surface area contributed by atoms with Gasteiger partial charge in [-0.3, -0.25) is 0 Å². The Morgan fingerprint density at radius 2 is 2.26 bits per heavy atom. The monoisotopic (exact) mass is 267 g/mol. The van der Waals surface area contributed by atoms with E-state index in [9.17, 15) is 0 Å². The van der Waals surface area contributed by atoms with E-state index in [0.717, 1.165) is 31.8 Å². The van der Waals surface area contributed by atoms with Crippen molar-refractivity contribution < 1.29 is 13.9 Å². The van der Waals surface area contributed by atoms with Gasteiger partial charge in [-0.15, -0.1) is 0 Å². The van der Waals surface area contributed by atoms with Gasteiger partial charge in [0.25, 0.3) is 0 Å². The fourth-order valence-corrected chi connectivity index (χ4v) is 2.07. The second-order valence-electron chi connectivity index (χ2n) is 6.12. The van der Waals surface area contributed by atoms with Crippen molar-refractivity contribution in [3.63, 3.8) is 0 Å². The quantitative estimate of drug-likeness (QED) is 0.860. The molecule has 2 heterocycles. The fourth-order valence-electron chi connectivity index (χ4n) is 2.07. The van der Waals surface area contributed by atoms with E-state index in [1.54, 1.807) is 6.26 Å². The average molecular weight is 267 g/mol. The molecule has 0 spiro atoms. The lowest BCUT2D eigenvalue weighted by Gasteiger charge is -2.20. The molecule has 0 saturated carbocycles. The molecule has 2 rings (SSSR count). The minimum Gasteiger partial charge on any atom is -0.467 e. The molecule has 0 aliphatic carbocycles. The predicted molar refractivity (Wildman–Crippen MR) is 73.9 cm³/mol. The van der Waals surface area contributed by atoms with Crippen LogP contribution in [0.3, 0.4) is 0 Å². The summed E-state index contributed by atoms with van der Waals surface area (Å²) >= 11 is 0. The summed E-state index contributed by atoms with van der Waals surface area (Å²) in [5, 5.41) is 3.46. The number of ether oxygens (including phenoxy) is 2. The maximum Gasteiger partial charge on any atom is 0.133 e. The predicted octanol–water partition coefficient (Wildman–Crippen LogP) is 2.86. The number of furan rings is 1. The first-order valence-corrected chi connectivity index (χ1v) is 7.04. The standard InChI is InChI=1S/C15H25NO3/c1-15(2,3)16-9-12-6-8-19-14(12)11-17-10-13-5-4-7-18-13/h6,8,13,16H,4-5,7,9-11H2,1-3H3. The Hall–Kier alpha value is -0.840. The summed E-state index contributed by atoms with van der Waals surface area (Å²) < 4.78 is 16.7. The van der Waals surface area contributed by atoms with E-state index in [1.807, 2.05) is 6.07 Å². The molecule has 1 aromatic heterocycles. The summed E-state index contributed by atoms with van der Waals surface area (Å²) in [5.74, 6) is 0.912. The number of hydrogen-bond acceptors (Lipinski definition) is 4. The molecule has 0 radical (unpaired) electrons. The first-order valence-electron chi connectivity index (χ1n) is 7.04. The van der Waals surface area contributed by atoms with Gasteiger partial charge in [-0.1, -0.05) is 0 Å². The van der Waals surface area contributed by atoms with Gasteiger partial charge in [0.05, 0.1) is 19.0 Å². The van der Waals surface area contributed by atoms with Crippen LogP contribution >= 0.6 is 0 Å². The van der Waals surface area contributed by atoms with Gasteiger partial charge in [0.15, 0.2) is 0 Å². The third-order valence-corrected chi connectivity index (χ3v) is 3.21. The van der Waals surface area contributed by atoms with Crippen molar-refractivity contribution in [3.05, 3.63) is 23.7 Å². The highest BCUT2D eigenvalue weighted by Crippen LogP contribution is 2.16. The highest BCUT2D eigenvalue weighted by molar-refractivity contribution is 5.16. The molecular weight excluding hydrogens is 242 g/mol. The third-order valence-electron chi connectivity index (χ3n) is 3.21. The molecule has 0 bridgehead atoms. The van der Waals surface area contributed by atoms with E-state index in [4.69, 9.17) is 13.9 Å². The Bertz CT molecular complexity index is 375. The van der Waals surface area contributed by atoms with Crippen molar-refractivity contribution in [1.82, 2.24) is 5.32 Å². The van der Waals surface area contributed by atoms with Crippen molar-refractivity contribution >= 4 is 0 Å². The van der Waals surface area contributed by atoms with Crippen LogP contribution in [0, 0.1) is 0 Å². The highest BCUT2D eigenvalue weighted by atomic mass is 16.5. The van der Waals surface area contributed by atoms with Crippen LogP contribution in [-0.4, -0.2) is 24.9 Å². The summed E-state index contributed by atoms with van der Waals surface area (Å²) in [7, 11) is 0. The molecule has 0 amide bonds. The Balaban J connectivity index is 1.75. The summed E-state index contributed by atoms with van der Waals surface area (Å²) in [5.41, 5.74) is 1.27. The molecule has 1 unspecified atom stereocenters. The normalized spacial score (nSPS) is 20.1. The van der Waals surface area contributed by atoms with Gasteiger partial charge >= 0.3 is 0 Å². The van der Waals surface area contributed by atoms with Crippen LogP contribution in [0.4, 0.5) is 0 Å². The van der Waals surface area contributed by atoms with E-state index < -0.39 is 0 Å². The van der Waals surface area contributed by atoms with E-state index in [0.29, 0.717) is 13.2 Å². The Labute approximate surface area is 115 Å². The van der Waals surface area contributed by atoms with Crippen LogP contribution < -0.4 is 5.32 Å². The third kappa shape index (κ3) is 4.97. The second kappa shape index (κ2) is 6.55. The van der Waals surface area contributed by atoms with E-state index >= 15 is 0 Å². The lowest BCUT2D eigenvalue weighted by atomic mass is 10.1. The molecule has 1 aliphatic heterocycles. The summed E-state index contributed by atoms with van der Waals surface area (Å²) in [6, 6.07) is 2.00. The molecule has 1 N–H and O–H groups in total. The van der Waals surface area contributed by atoms with Gasteiger partial charge in [0.2, 0.25) is 0 Å². The summed E-state index contributed by atoms with van der Waals surface area (Å²) in [6.07, 6.45) is 4.25. The largest absolute Gasteiger partial charge is 0.467 e. The van der Waals surface area contributed by atoms with Crippen LogP contribution in [-0.2, 0) is 22.6 Å². The van der Waals surface area contributed by atoms with Gasteiger partial charge in [0, 0.05) is 24.3 Å². The van der Waals surface area contributed by atoms with Gasteiger partial charge in [-0.25, -0.2) is 0 Å². The number of rotatable bonds is 6. The lowest BCUT2D eigenvalue weighted by molar-refractivity contribution is 0.00551. The molecule has 4 nitrogen and oxygen atoms in total. The van der Waals surface area contributed by atoms with Crippen LogP contribution in [0.25, 0.3) is 0 Å². The van der Waals surface area contributed by atoms with E-state index in [-0.39, 0.29) is 11.6 Å². The first-order chi connectivity index (χ1) is 9.04. The average Bonchev–Trinajstić information content (AvgIpc) is 2.96. The van der Waals surface area contributed by atoms with Crippen molar-refractivity contribution in [2.24, 2.45) is 0 Å². The maximum atomic E-state index is 5.69. The van der Waals surface area contributed by atoms with E-state index in [2.05, 4.69) is 26.1 Å². The van der Waals surface area contributed by atoms with Crippen molar-refractivity contribution in [3.8, 4) is 0 Å². The van der Waals surface area contributed by atoms with Crippen molar-refractivity contribution in [2.45, 2.75) is 58.4 Å². The molecule has 19 heavy (non-hydrogen) atoms. The minimum atomic E-state index is 0.104. The summed E-state index contributed by atoms with van der Waals surface area (Å²) in [4.78, 5) is 0. The maximum absolute atomic E-state index is 5.69. The minimum absolute atomic E-state index is 0.104. The topological polar surface area (TPSA) is 43.6 Å². The SMILES string of the molecule is CC(C)(C)NCc1ccoc1COCC1CCCO1. The van der Waals surface area contributed by atoms with Crippen LogP contribution in [0.2, 0.25) is 0 Å². The van der Waals surface area contributed by atoms with Crippen molar-refractivity contribution in [1.29, 1.82) is 0 Å². The van der Waals surface area contributed by atoms with Crippen LogP contribution in [0.5, 0.6) is 0 Å². The van der Waals surface area contributed by atoms with Gasteiger partial charge < -0.3 is 19.2 Å². The highest BCUT2D eigenvalue weighted by Gasteiger charge is 2.16. The van der Waals surface area contributed by atoms with Crippen molar-refractivity contribution in [2.75, 3.05) is 13.2 Å². The second-order valence-corrected chi connectivity index (χ2v) is 6.12. The molecule has 0 aromatic carbocycles. The van der Waals surface area contributed by atoms with E-state index in [1.165, 1.54) is 5.56 Å². The molecule has 1 fully saturated rings. The summed E-state index contributed by atoms with van der Waals surface area (Å²) in [6.45, 7) is 9.32. The molecule has 1 saturated heterocycles. The van der Waals surface area contributed by atoms with Crippen LogP contribution in [0.1, 0.15) is 44.9 Å². The molecule has 108 valence electrons. The Morgan fingerprint density at radius 1 is 1.42 bits per heavy atom. The number of hydrogen-bond donors (Lipinski definition) is 1. The zero-order valence-electron chi connectivity index (χ0n) is 12.2. The zero-order chi connectivity index (χ0) is 13.7. The molecule has 1 aromatic rings. The molecular formula is C15H25NO3. The zero-order valence-corrected chi connectivity index (χ0v) is 12.2. The van der Waals surface area contributed by atoms with Gasteiger partial charge in [0.1, 0.15) is 12.4 Å². The molecule has 4 heteroatoms. The Morgan fingerprint density at radius 3 is 2.95 bits per heavy atom. The molecule has 1 atom stereocenters. The van der Waals surface area contributed by atoms with Gasteiger partial charge in [-0.05, 0) is 39.7 Å². The van der Waals surface area contributed by atoms with Crippen LogP contribution in [0.15, 0.2) is 16.7 Å². The Kier molecular flexibility index (Phi) is 5.02. The number of nitrogens with one attached hydrogen (secondary N) is 1.